The minimum Gasteiger partial charge on any atom is 0 e. The van der Waals surface area contributed by atoms with Gasteiger partial charge in [0.25, 0.3) is 0 Å². The number of aromatic nitrogens is 2. The maximum absolute atomic E-state index is 14.9. The third-order valence-corrected chi connectivity index (χ3v) is 14.0. The fourth-order valence-electron chi connectivity index (χ4n) is 6.08. The Kier molecular flexibility index (Phi) is 9.67. The molecule has 0 saturated heterocycles. The number of fused-ring (bicyclic) bond motifs is 7. The summed E-state index contributed by atoms with van der Waals surface area (Å²) < 4.78 is 35.9. The van der Waals surface area contributed by atoms with Crippen LogP contribution in [0, 0.1) is 23.4 Å². The van der Waals surface area contributed by atoms with E-state index in [2.05, 4.69) is 87.9 Å². The topological polar surface area (TPSA) is 25.8 Å². The second kappa shape index (κ2) is 14.5. The summed E-state index contributed by atoms with van der Waals surface area (Å²) in [4.78, 5) is 8.96. The Morgan fingerprint density at radius 2 is 1.50 bits per heavy atom. The minimum absolute atomic E-state index is 0. The van der Waals surface area contributed by atoms with Gasteiger partial charge in [-0.1, -0.05) is 97.8 Å². The summed E-state index contributed by atoms with van der Waals surface area (Å²) in [6.45, 7) is 5.35. The molecule has 0 atom stereocenters. The van der Waals surface area contributed by atoms with Crippen molar-refractivity contribution in [1.82, 2.24) is 9.97 Å². The van der Waals surface area contributed by atoms with Crippen LogP contribution in [0.4, 0.5) is 4.39 Å². The number of nitrogens with zero attached hydrogens (tertiary/aromatic N) is 2. The number of hydrogen-bond donors (Lipinski definition) is 0. The van der Waals surface area contributed by atoms with Crippen molar-refractivity contribution in [3.05, 3.63) is 139 Å². The first kappa shape index (κ1) is 33.4. The van der Waals surface area contributed by atoms with Crippen molar-refractivity contribution in [3.8, 4) is 22.5 Å². The summed E-state index contributed by atoms with van der Waals surface area (Å²) in [6.07, 6.45) is 1.31. The van der Waals surface area contributed by atoms with E-state index in [0.29, 0.717) is 5.69 Å². The van der Waals surface area contributed by atoms with Gasteiger partial charge in [-0.15, -0.1) is 17.5 Å². The second-order valence-corrected chi connectivity index (χ2v) is 26.1. The van der Waals surface area contributed by atoms with Gasteiger partial charge in [-0.25, -0.2) is 4.39 Å². The van der Waals surface area contributed by atoms with E-state index < -0.39 is 30.9 Å². The molecule has 6 heteroatoms. The van der Waals surface area contributed by atoms with E-state index in [0.717, 1.165) is 43.9 Å². The minimum atomic E-state index is -1.87. The molecule has 50 heavy (non-hydrogen) atoms. The molecular weight excluding hydrogens is 872 g/mol. The van der Waals surface area contributed by atoms with Gasteiger partial charge >= 0.3 is 99.8 Å². The molecular formula is C44H39FGeIrN2S-2. The Labute approximate surface area is 317 Å². The molecule has 0 saturated carbocycles. The number of thiophene rings is 1. The van der Waals surface area contributed by atoms with Crippen LogP contribution >= 0.6 is 11.3 Å². The van der Waals surface area contributed by atoms with Crippen LogP contribution in [0.2, 0.25) is 17.3 Å². The van der Waals surface area contributed by atoms with E-state index >= 15 is 0 Å². The molecule has 0 aliphatic heterocycles. The van der Waals surface area contributed by atoms with Crippen molar-refractivity contribution < 1.29 is 27.2 Å². The summed E-state index contributed by atoms with van der Waals surface area (Å²) in [5.41, 5.74) is 2.62. The molecule has 0 bridgehead atoms. The van der Waals surface area contributed by atoms with Crippen LogP contribution in [0.1, 0.15) is 29.1 Å². The Balaban J connectivity index is 0.000000230. The van der Waals surface area contributed by atoms with Crippen LogP contribution in [0.25, 0.3) is 64.2 Å². The molecule has 5 aromatic carbocycles. The van der Waals surface area contributed by atoms with E-state index in [9.17, 15) is 4.39 Å². The average Bonchev–Trinajstić information content (AvgIpc) is 3.52. The summed E-state index contributed by atoms with van der Waals surface area (Å²) in [5.74, 6) is 6.51. The Bertz CT molecular complexity index is 2540. The van der Waals surface area contributed by atoms with Crippen molar-refractivity contribution in [2.24, 2.45) is 5.41 Å². The fraction of sp³-hybridized carbons (Fsp3) is 0.182. The molecule has 1 radical (unpaired) electrons. The van der Waals surface area contributed by atoms with E-state index in [4.69, 9.17) is 2.74 Å². The van der Waals surface area contributed by atoms with Crippen LogP contribution < -0.4 is 4.40 Å². The molecule has 8 aromatic rings. The molecule has 0 aliphatic carbocycles. The standard InChI is InChI=1S/C30H23FNS.C14H16GeN.Ir/c1-30(2,3)16-20-15-26(32-17-25(20)31)24-14-19-9-5-6-10-21(19)27-23-13-12-18-8-4-7-11-22(18)28(23)33-29(24)27;1-15(2,3)13-9-10-14(16-11-13)12-7-5-4-6-8-12;/h4-13,15,17H,16H2,1-3H3;4-7,9-11H,1-3H3;/q2*-1;/i16D2;;. The van der Waals surface area contributed by atoms with Gasteiger partial charge in [-0.3, -0.25) is 4.98 Å². The summed E-state index contributed by atoms with van der Waals surface area (Å²) in [6, 6.07) is 41.4. The normalized spacial score (nSPS) is 12.7. The smallest absolute Gasteiger partial charge is 0 e. The van der Waals surface area contributed by atoms with Crippen molar-refractivity contribution in [2.45, 2.75) is 44.4 Å². The van der Waals surface area contributed by atoms with E-state index in [1.807, 2.05) is 54.7 Å². The first-order valence-electron chi connectivity index (χ1n) is 17.5. The molecule has 0 fully saturated rings. The van der Waals surface area contributed by atoms with Crippen molar-refractivity contribution in [3.63, 3.8) is 0 Å². The predicted octanol–water partition coefficient (Wildman–Crippen LogP) is 12.0. The average molecular weight is 914 g/mol. The van der Waals surface area contributed by atoms with E-state index in [1.54, 1.807) is 38.2 Å². The predicted molar refractivity (Wildman–Crippen MR) is 211 cm³/mol. The molecule has 0 unspecified atom stereocenters. The van der Waals surface area contributed by atoms with Gasteiger partial charge in [0.05, 0.1) is 6.20 Å². The number of rotatable bonds is 4. The van der Waals surface area contributed by atoms with Crippen molar-refractivity contribution in [1.29, 1.82) is 0 Å². The summed E-state index contributed by atoms with van der Waals surface area (Å²) in [7, 11) is 0. The van der Waals surface area contributed by atoms with Gasteiger partial charge in [0.1, 0.15) is 5.82 Å². The van der Waals surface area contributed by atoms with Crippen LogP contribution in [0.15, 0.2) is 116 Å². The first-order valence-corrected chi connectivity index (χ1v) is 24.7. The van der Waals surface area contributed by atoms with Gasteiger partial charge < -0.3 is 0 Å². The van der Waals surface area contributed by atoms with Gasteiger partial charge in [0, 0.05) is 33.2 Å². The zero-order valence-corrected chi connectivity index (χ0v) is 34.3. The van der Waals surface area contributed by atoms with Crippen LogP contribution in [-0.4, -0.2) is 23.2 Å². The molecule has 0 amide bonds. The van der Waals surface area contributed by atoms with Gasteiger partial charge in [-0.2, -0.15) is 11.3 Å². The maximum Gasteiger partial charge on any atom is 0 e. The molecule has 3 heterocycles. The fourth-order valence-corrected chi connectivity index (χ4v) is 9.61. The van der Waals surface area contributed by atoms with Crippen LogP contribution in [-0.2, 0) is 26.5 Å². The Morgan fingerprint density at radius 3 is 2.20 bits per heavy atom. The summed E-state index contributed by atoms with van der Waals surface area (Å²) >= 11 is -0.0241. The zero-order valence-electron chi connectivity index (χ0n) is 31.0. The largest absolute Gasteiger partial charge is 0 e. The molecule has 0 spiro atoms. The second-order valence-electron chi connectivity index (χ2n) is 14.4. The third-order valence-electron chi connectivity index (χ3n) is 8.50. The maximum atomic E-state index is 14.9. The van der Waals surface area contributed by atoms with Gasteiger partial charge in [-0.05, 0) is 38.2 Å². The Hall–Kier alpha value is -3.74. The number of pyridine rings is 2. The third kappa shape index (κ3) is 7.48. The van der Waals surface area contributed by atoms with Crippen LogP contribution in [0.3, 0.4) is 0 Å². The van der Waals surface area contributed by atoms with E-state index in [-0.39, 0.29) is 25.7 Å². The van der Waals surface area contributed by atoms with Gasteiger partial charge in [0.15, 0.2) is 0 Å². The van der Waals surface area contributed by atoms with Crippen molar-refractivity contribution >= 4 is 70.7 Å². The number of hydrogen-bond acceptors (Lipinski definition) is 3. The quantitative estimate of drug-likeness (QED) is 0.130. The molecule has 3 aromatic heterocycles. The number of benzene rings is 5. The molecule has 0 aliphatic rings. The molecule has 253 valence electrons. The SMILES string of the molecule is [2H]C([2H])(c1cc(-c2[c-]c3ccccc3c3c2sc2c4ccccc4ccc23)ncc1F)C(C)(C)C.[CH3][Ge]([CH3])([CH3])[c]1ccc(-c2[c-]cccc2)nc1.[Ir]. The zero-order chi connectivity index (χ0) is 36.1. The monoisotopic (exact) mass is 915 g/mol. The molecule has 2 nitrogen and oxygen atoms in total. The molecule has 0 N–H and O–H groups in total. The molecule has 8 rings (SSSR count). The summed E-state index contributed by atoms with van der Waals surface area (Å²) in [5, 5.41) is 6.74. The first-order chi connectivity index (χ1) is 24.2. The van der Waals surface area contributed by atoms with E-state index in [1.165, 1.54) is 25.3 Å². The van der Waals surface area contributed by atoms with Crippen molar-refractivity contribution in [2.75, 3.05) is 0 Å². The van der Waals surface area contributed by atoms with Crippen LogP contribution in [0.5, 0.6) is 0 Å². The van der Waals surface area contributed by atoms with Gasteiger partial charge in [0.2, 0.25) is 0 Å². The number of halogens is 1. The Morgan fingerprint density at radius 1 is 0.780 bits per heavy atom.